The van der Waals surface area contributed by atoms with Crippen LogP contribution in [0.15, 0.2) is 33.6 Å². The van der Waals surface area contributed by atoms with Crippen molar-refractivity contribution in [2.45, 2.75) is 32.1 Å². The predicted octanol–water partition coefficient (Wildman–Crippen LogP) is 3.25. The van der Waals surface area contributed by atoms with Crippen molar-refractivity contribution in [3.05, 3.63) is 28.7 Å². The van der Waals surface area contributed by atoms with Gasteiger partial charge in [0.15, 0.2) is 9.84 Å². The molecule has 0 fully saturated rings. The summed E-state index contributed by atoms with van der Waals surface area (Å²) in [6.07, 6.45) is 1.03. The average Bonchev–Trinajstić information content (AvgIpc) is 2.27. The maximum atomic E-state index is 12.0. The highest BCUT2D eigenvalue weighted by Crippen LogP contribution is 2.17. The van der Waals surface area contributed by atoms with Crippen LogP contribution in [0.4, 0.5) is 0 Å². The van der Waals surface area contributed by atoms with Crippen molar-refractivity contribution < 1.29 is 8.42 Å². The van der Waals surface area contributed by atoms with Gasteiger partial charge in [-0.3, -0.25) is 0 Å². The molecule has 0 radical (unpaired) electrons. The number of hydrogen-bond acceptors (Lipinski definition) is 3. The molecule has 0 spiro atoms. The number of sulfone groups is 1. The molecule has 0 heterocycles. The molecule has 0 unspecified atom stereocenters. The van der Waals surface area contributed by atoms with Crippen molar-refractivity contribution in [2.24, 2.45) is 5.41 Å². The third-order valence-electron chi connectivity index (χ3n) is 2.77. The van der Waals surface area contributed by atoms with E-state index in [1.165, 1.54) is 0 Å². The molecule has 5 heteroatoms. The molecule has 19 heavy (non-hydrogen) atoms. The van der Waals surface area contributed by atoms with Crippen molar-refractivity contribution in [3.63, 3.8) is 0 Å². The summed E-state index contributed by atoms with van der Waals surface area (Å²) in [4.78, 5) is 0.383. The Morgan fingerprint density at radius 3 is 2.21 bits per heavy atom. The van der Waals surface area contributed by atoms with Crippen LogP contribution in [-0.2, 0) is 9.84 Å². The monoisotopic (exact) mass is 347 g/mol. The zero-order chi connectivity index (χ0) is 14.5. The summed E-state index contributed by atoms with van der Waals surface area (Å²) in [5.41, 5.74) is 0.275. The van der Waals surface area contributed by atoms with Crippen LogP contribution in [0, 0.1) is 5.41 Å². The van der Waals surface area contributed by atoms with Gasteiger partial charge in [0.2, 0.25) is 0 Å². The van der Waals surface area contributed by atoms with Crippen LogP contribution in [-0.4, -0.2) is 27.3 Å². The van der Waals surface area contributed by atoms with Crippen molar-refractivity contribution in [2.75, 3.05) is 18.8 Å². The number of benzene rings is 1. The highest BCUT2D eigenvalue weighted by molar-refractivity contribution is 9.10. The molecule has 0 bridgehead atoms. The van der Waals surface area contributed by atoms with Crippen molar-refractivity contribution in [1.82, 2.24) is 5.32 Å². The standard InChI is InChI=1S/C14H22BrNO2S/c1-14(2,3)8-9-16-10-11-19(17,18)13-6-4-12(15)5-7-13/h4-7,16H,8-11H2,1-3H3. The second-order valence-electron chi connectivity index (χ2n) is 5.83. The van der Waals surface area contributed by atoms with Crippen LogP contribution in [0.1, 0.15) is 27.2 Å². The van der Waals surface area contributed by atoms with Crippen LogP contribution < -0.4 is 5.32 Å². The second kappa shape index (κ2) is 6.86. The summed E-state index contributed by atoms with van der Waals surface area (Å²) in [6, 6.07) is 6.77. The fourth-order valence-electron chi connectivity index (χ4n) is 1.55. The molecule has 3 nitrogen and oxygen atoms in total. The molecule has 0 saturated carbocycles. The van der Waals surface area contributed by atoms with Gasteiger partial charge in [0.05, 0.1) is 10.6 Å². The zero-order valence-electron chi connectivity index (χ0n) is 11.7. The lowest BCUT2D eigenvalue weighted by atomic mass is 9.92. The van der Waals surface area contributed by atoms with Gasteiger partial charge in [-0.2, -0.15) is 0 Å². The summed E-state index contributed by atoms with van der Waals surface area (Å²) in [6.45, 7) is 7.86. The molecular weight excluding hydrogens is 326 g/mol. The molecule has 1 aromatic carbocycles. The highest BCUT2D eigenvalue weighted by Gasteiger charge is 2.14. The van der Waals surface area contributed by atoms with Gasteiger partial charge in [0.25, 0.3) is 0 Å². The van der Waals surface area contributed by atoms with Crippen LogP contribution in [0.2, 0.25) is 0 Å². The molecule has 1 N–H and O–H groups in total. The van der Waals surface area contributed by atoms with Crippen molar-refractivity contribution >= 4 is 25.8 Å². The summed E-state index contributed by atoms with van der Waals surface area (Å²) >= 11 is 3.30. The van der Waals surface area contributed by atoms with E-state index in [2.05, 4.69) is 42.0 Å². The molecule has 108 valence electrons. The smallest absolute Gasteiger partial charge is 0.179 e. The van der Waals surface area contributed by atoms with E-state index in [1.807, 2.05) is 0 Å². The quantitative estimate of drug-likeness (QED) is 0.803. The van der Waals surface area contributed by atoms with Crippen LogP contribution >= 0.6 is 15.9 Å². The van der Waals surface area contributed by atoms with Gasteiger partial charge < -0.3 is 5.32 Å². The van der Waals surface area contributed by atoms with E-state index >= 15 is 0 Å². The Balaban J connectivity index is 2.42. The summed E-state index contributed by atoms with van der Waals surface area (Å²) in [5.74, 6) is 0.138. The Morgan fingerprint density at radius 2 is 1.68 bits per heavy atom. The van der Waals surface area contributed by atoms with E-state index in [-0.39, 0.29) is 11.2 Å². The van der Waals surface area contributed by atoms with Gasteiger partial charge in [0.1, 0.15) is 0 Å². The highest BCUT2D eigenvalue weighted by atomic mass is 79.9. The maximum absolute atomic E-state index is 12.0. The first-order chi connectivity index (χ1) is 8.71. The van der Waals surface area contributed by atoms with E-state index in [9.17, 15) is 8.42 Å². The van der Waals surface area contributed by atoms with E-state index in [4.69, 9.17) is 0 Å². The summed E-state index contributed by atoms with van der Waals surface area (Å²) < 4.78 is 25.0. The normalized spacial score (nSPS) is 12.6. The molecule has 0 aromatic heterocycles. The average molecular weight is 348 g/mol. The maximum Gasteiger partial charge on any atom is 0.179 e. The van der Waals surface area contributed by atoms with Crippen molar-refractivity contribution in [3.8, 4) is 0 Å². The van der Waals surface area contributed by atoms with Crippen molar-refractivity contribution in [1.29, 1.82) is 0 Å². The summed E-state index contributed by atoms with van der Waals surface area (Å²) in [7, 11) is -3.18. The third kappa shape index (κ3) is 6.54. The number of halogens is 1. The minimum Gasteiger partial charge on any atom is -0.316 e. The first-order valence-corrected chi connectivity index (χ1v) is 8.84. The van der Waals surface area contributed by atoms with Gasteiger partial charge in [-0.25, -0.2) is 8.42 Å². The molecular formula is C14H22BrNO2S. The van der Waals surface area contributed by atoms with E-state index < -0.39 is 9.84 Å². The lowest BCUT2D eigenvalue weighted by molar-refractivity contribution is 0.369. The van der Waals surface area contributed by atoms with Gasteiger partial charge in [0, 0.05) is 11.0 Å². The van der Waals surface area contributed by atoms with Gasteiger partial charge in [-0.1, -0.05) is 36.7 Å². The Labute approximate surface area is 124 Å². The van der Waals surface area contributed by atoms with E-state index in [1.54, 1.807) is 24.3 Å². The molecule has 1 aromatic rings. The van der Waals surface area contributed by atoms with Crippen LogP contribution in [0.5, 0.6) is 0 Å². The topological polar surface area (TPSA) is 46.2 Å². The lowest BCUT2D eigenvalue weighted by Crippen LogP contribution is -2.26. The largest absolute Gasteiger partial charge is 0.316 e. The van der Waals surface area contributed by atoms with Gasteiger partial charge in [-0.05, 0) is 42.6 Å². The fourth-order valence-corrected chi connectivity index (χ4v) is 3.02. The first kappa shape index (κ1) is 16.7. The molecule has 0 amide bonds. The van der Waals surface area contributed by atoms with Crippen LogP contribution in [0.3, 0.4) is 0 Å². The predicted molar refractivity (Wildman–Crippen MR) is 83.1 cm³/mol. The molecule has 0 aliphatic rings. The van der Waals surface area contributed by atoms with E-state index in [0.717, 1.165) is 17.4 Å². The molecule has 0 aliphatic carbocycles. The molecule has 0 aliphatic heterocycles. The minimum absolute atomic E-state index is 0.138. The Kier molecular flexibility index (Phi) is 6.02. The first-order valence-electron chi connectivity index (χ1n) is 6.40. The number of rotatable bonds is 6. The molecule has 0 atom stereocenters. The fraction of sp³-hybridized carbons (Fsp3) is 0.571. The lowest BCUT2D eigenvalue weighted by Gasteiger charge is -2.18. The van der Waals surface area contributed by atoms with Crippen LogP contribution in [0.25, 0.3) is 0 Å². The Bertz CT molecular complexity index is 489. The minimum atomic E-state index is -3.18. The Morgan fingerprint density at radius 1 is 1.11 bits per heavy atom. The third-order valence-corrected chi connectivity index (χ3v) is 5.03. The van der Waals surface area contributed by atoms with Gasteiger partial charge >= 0.3 is 0 Å². The van der Waals surface area contributed by atoms with E-state index in [0.29, 0.717) is 11.4 Å². The van der Waals surface area contributed by atoms with Gasteiger partial charge in [-0.15, -0.1) is 0 Å². The number of hydrogen-bond donors (Lipinski definition) is 1. The molecule has 0 saturated heterocycles. The summed E-state index contributed by atoms with van der Waals surface area (Å²) in [5, 5.41) is 3.19. The number of nitrogens with one attached hydrogen (secondary N) is 1. The SMILES string of the molecule is CC(C)(C)CCNCCS(=O)(=O)c1ccc(Br)cc1. The zero-order valence-corrected chi connectivity index (χ0v) is 14.1. The Hall–Kier alpha value is -0.390. The second-order valence-corrected chi connectivity index (χ2v) is 8.86. The molecule has 1 rings (SSSR count).